The molecule has 31 heavy (non-hydrogen) atoms. The Bertz CT molecular complexity index is 1170. The third-order valence-corrected chi connectivity index (χ3v) is 6.47. The van der Waals surface area contributed by atoms with E-state index < -0.39 is 0 Å². The minimum atomic E-state index is -0.252. The fraction of sp³-hybridized carbons (Fsp3) is 0.381. The molecule has 1 fully saturated rings. The second kappa shape index (κ2) is 8.29. The number of hydrogen-bond donors (Lipinski definition) is 1. The van der Waals surface area contributed by atoms with Crippen LogP contribution in [0, 0.1) is 0 Å². The average molecular weight is 442 g/mol. The van der Waals surface area contributed by atoms with Gasteiger partial charge in [0.05, 0.1) is 11.7 Å². The van der Waals surface area contributed by atoms with Crippen LogP contribution in [-0.2, 0) is 11.3 Å². The number of amides is 1. The Kier molecular flexibility index (Phi) is 5.34. The van der Waals surface area contributed by atoms with Crippen LogP contribution < -0.4 is 20.3 Å². The normalized spacial score (nSPS) is 17.7. The molecule has 0 radical (unpaired) electrons. The lowest BCUT2D eigenvalue weighted by molar-refractivity contribution is -0.121. The molecule has 2 aromatic heterocycles. The smallest absolute Gasteiger partial charge is 0.258 e. The van der Waals surface area contributed by atoms with Gasteiger partial charge in [0.15, 0.2) is 16.5 Å². The molecule has 162 valence electrons. The first kappa shape index (κ1) is 20.0. The van der Waals surface area contributed by atoms with E-state index in [1.54, 1.807) is 28.8 Å². The molecule has 1 aromatic carbocycles. The number of fused-ring (bicyclic) bond motifs is 2. The van der Waals surface area contributed by atoms with Gasteiger partial charge in [0.1, 0.15) is 0 Å². The minimum Gasteiger partial charge on any atom is -0.454 e. The SMILES string of the molecule is CC(C(=O)Nc1ccc2c(c1)OCO2)N1CCN(Cc2cc(=O)n3ccsc3n2)CC1. The van der Waals surface area contributed by atoms with Crippen LogP contribution in [0.3, 0.4) is 0 Å². The summed E-state index contributed by atoms with van der Waals surface area (Å²) in [5.74, 6) is 1.29. The topological polar surface area (TPSA) is 88.4 Å². The van der Waals surface area contributed by atoms with Gasteiger partial charge in [-0.15, -0.1) is 11.3 Å². The summed E-state index contributed by atoms with van der Waals surface area (Å²) >= 11 is 1.46. The van der Waals surface area contributed by atoms with Gasteiger partial charge in [-0.25, -0.2) is 4.98 Å². The Morgan fingerprint density at radius 1 is 1.19 bits per heavy atom. The summed E-state index contributed by atoms with van der Waals surface area (Å²) in [7, 11) is 0. The number of nitrogens with zero attached hydrogens (tertiary/aromatic N) is 4. The zero-order valence-corrected chi connectivity index (χ0v) is 17.9. The molecule has 4 heterocycles. The van der Waals surface area contributed by atoms with Gasteiger partial charge in [0, 0.05) is 62.1 Å². The van der Waals surface area contributed by atoms with Crippen LogP contribution in [0.25, 0.3) is 4.96 Å². The van der Waals surface area contributed by atoms with E-state index in [-0.39, 0.29) is 24.3 Å². The van der Waals surface area contributed by atoms with Gasteiger partial charge < -0.3 is 14.8 Å². The number of carbonyl (C=O) groups is 1. The number of piperazine rings is 1. The van der Waals surface area contributed by atoms with Crippen molar-refractivity contribution in [3.63, 3.8) is 0 Å². The third kappa shape index (κ3) is 4.14. The molecule has 3 aromatic rings. The summed E-state index contributed by atoms with van der Waals surface area (Å²) in [5, 5.41) is 4.83. The molecule has 0 aliphatic carbocycles. The number of hydrogen-bond acceptors (Lipinski definition) is 8. The first-order valence-electron chi connectivity index (χ1n) is 10.2. The van der Waals surface area contributed by atoms with Crippen LogP contribution in [0.5, 0.6) is 11.5 Å². The predicted octanol–water partition coefficient (Wildman–Crippen LogP) is 1.63. The lowest BCUT2D eigenvalue weighted by Crippen LogP contribution is -2.52. The fourth-order valence-corrected chi connectivity index (χ4v) is 4.63. The number of benzene rings is 1. The standard InChI is InChI=1S/C21H23N5O4S/c1-14(20(28)22-15-2-3-17-18(10-15)30-13-29-17)25-6-4-24(5-7-25)12-16-11-19(27)26-8-9-31-21(26)23-16/h2-3,8-11,14H,4-7,12-13H2,1H3,(H,22,28). The van der Waals surface area contributed by atoms with Crippen molar-refractivity contribution in [1.29, 1.82) is 0 Å². The molecule has 10 heteroatoms. The van der Waals surface area contributed by atoms with Gasteiger partial charge in [0.2, 0.25) is 12.7 Å². The van der Waals surface area contributed by atoms with Gasteiger partial charge in [-0.2, -0.15) is 0 Å². The molecule has 0 saturated carbocycles. The number of ether oxygens (including phenoxy) is 2. The van der Waals surface area contributed by atoms with Crippen molar-refractivity contribution >= 4 is 27.9 Å². The van der Waals surface area contributed by atoms with Gasteiger partial charge in [-0.3, -0.25) is 23.8 Å². The summed E-state index contributed by atoms with van der Waals surface area (Å²) in [4.78, 5) is 34.7. The number of nitrogens with one attached hydrogen (secondary N) is 1. The quantitative estimate of drug-likeness (QED) is 0.644. The van der Waals surface area contributed by atoms with Crippen molar-refractivity contribution in [2.24, 2.45) is 0 Å². The van der Waals surface area contributed by atoms with Crippen molar-refractivity contribution < 1.29 is 14.3 Å². The zero-order valence-electron chi connectivity index (χ0n) is 17.1. The van der Waals surface area contributed by atoms with Gasteiger partial charge in [-0.05, 0) is 19.1 Å². The van der Waals surface area contributed by atoms with E-state index in [9.17, 15) is 9.59 Å². The van der Waals surface area contributed by atoms with Crippen molar-refractivity contribution in [2.45, 2.75) is 19.5 Å². The Labute approximate surface area is 182 Å². The van der Waals surface area contributed by atoms with Gasteiger partial charge in [0.25, 0.3) is 5.56 Å². The molecule has 1 atom stereocenters. The van der Waals surface area contributed by atoms with Crippen LogP contribution in [0.15, 0.2) is 40.6 Å². The van der Waals surface area contributed by atoms with Crippen molar-refractivity contribution in [3.8, 4) is 11.5 Å². The summed E-state index contributed by atoms with van der Waals surface area (Å²) in [6.07, 6.45) is 1.74. The molecule has 1 unspecified atom stereocenters. The lowest BCUT2D eigenvalue weighted by atomic mass is 10.2. The first-order valence-corrected chi connectivity index (χ1v) is 11.1. The molecule has 2 aliphatic rings. The van der Waals surface area contributed by atoms with E-state index >= 15 is 0 Å². The average Bonchev–Trinajstić information content (AvgIpc) is 3.43. The van der Waals surface area contributed by atoms with Crippen LogP contribution >= 0.6 is 11.3 Å². The molecular weight excluding hydrogens is 418 g/mol. The second-order valence-corrected chi connectivity index (χ2v) is 8.56. The highest BCUT2D eigenvalue weighted by molar-refractivity contribution is 7.15. The molecule has 1 N–H and O–H groups in total. The molecule has 1 amide bonds. The van der Waals surface area contributed by atoms with Gasteiger partial charge in [-0.1, -0.05) is 0 Å². The van der Waals surface area contributed by atoms with Crippen LogP contribution in [-0.4, -0.2) is 64.1 Å². The summed E-state index contributed by atoms with van der Waals surface area (Å²) in [6.45, 7) is 5.94. The van der Waals surface area contributed by atoms with E-state index in [1.807, 2.05) is 18.4 Å². The van der Waals surface area contributed by atoms with Crippen LogP contribution in [0.4, 0.5) is 5.69 Å². The molecule has 0 spiro atoms. The monoisotopic (exact) mass is 441 g/mol. The Morgan fingerprint density at radius 2 is 2.00 bits per heavy atom. The van der Waals surface area contributed by atoms with Gasteiger partial charge >= 0.3 is 0 Å². The van der Waals surface area contributed by atoms with Crippen molar-refractivity contribution in [2.75, 3.05) is 38.3 Å². The Balaban J connectivity index is 1.16. The number of rotatable bonds is 5. The van der Waals surface area contributed by atoms with E-state index in [2.05, 4.69) is 20.1 Å². The third-order valence-electron chi connectivity index (χ3n) is 5.72. The van der Waals surface area contributed by atoms with E-state index in [4.69, 9.17) is 9.47 Å². The lowest BCUT2D eigenvalue weighted by Gasteiger charge is -2.37. The predicted molar refractivity (Wildman–Crippen MR) is 117 cm³/mol. The summed E-state index contributed by atoms with van der Waals surface area (Å²) in [6, 6.07) is 6.75. The zero-order chi connectivity index (χ0) is 21.4. The number of carbonyl (C=O) groups excluding carboxylic acids is 1. The van der Waals surface area contributed by atoms with Crippen LogP contribution in [0.2, 0.25) is 0 Å². The highest BCUT2D eigenvalue weighted by atomic mass is 32.1. The summed E-state index contributed by atoms with van der Waals surface area (Å²) in [5.41, 5.74) is 1.43. The summed E-state index contributed by atoms with van der Waals surface area (Å²) < 4.78 is 12.2. The second-order valence-electron chi connectivity index (χ2n) is 7.69. The maximum atomic E-state index is 12.7. The number of thiazole rings is 1. The number of aromatic nitrogens is 2. The first-order chi connectivity index (χ1) is 15.1. The van der Waals surface area contributed by atoms with Crippen LogP contribution in [0.1, 0.15) is 12.6 Å². The highest BCUT2D eigenvalue weighted by Crippen LogP contribution is 2.34. The molecule has 0 bridgehead atoms. The molecule has 2 aliphatic heterocycles. The molecular formula is C21H23N5O4S. The molecule has 5 rings (SSSR count). The fourth-order valence-electron chi connectivity index (χ4n) is 3.89. The van der Waals surface area contributed by atoms with E-state index in [1.165, 1.54) is 11.3 Å². The maximum absolute atomic E-state index is 12.7. The molecule has 1 saturated heterocycles. The van der Waals surface area contributed by atoms with Crippen molar-refractivity contribution in [3.05, 3.63) is 51.9 Å². The maximum Gasteiger partial charge on any atom is 0.258 e. The number of anilines is 1. The highest BCUT2D eigenvalue weighted by Gasteiger charge is 2.26. The Hall–Kier alpha value is -2.95. The molecule has 9 nitrogen and oxygen atoms in total. The Morgan fingerprint density at radius 3 is 2.84 bits per heavy atom. The largest absolute Gasteiger partial charge is 0.454 e. The van der Waals surface area contributed by atoms with E-state index in [0.717, 1.165) is 36.8 Å². The minimum absolute atomic E-state index is 0.0475. The van der Waals surface area contributed by atoms with Crippen molar-refractivity contribution in [1.82, 2.24) is 19.2 Å². The van der Waals surface area contributed by atoms with E-state index in [0.29, 0.717) is 23.7 Å².